The molecule has 2 aromatic carbocycles. The first-order valence-electron chi connectivity index (χ1n) is 10.8. The Morgan fingerprint density at radius 2 is 1.94 bits per heavy atom. The molecule has 11 heteroatoms. The molecule has 0 aliphatic carbocycles. The Bertz CT molecular complexity index is 1360. The summed E-state index contributed by atoms with van der Waals surface area (Å²) in [5.41, 5.74) is 3.94. The van der Waals surface area contributed by atoms with E-state index in [1.807, 2.05) is 24.7 Å². The van der Waals surface area contributed by atoms with Gasteiger partial charge in [0.15, 0.2) is 0 Å². The zero-order valence-corrected chi connectivity index (χ0v) is 19.9. The van der Waals surface area contributed by atoms with Crippen LogP contribution in [0.2, 0.25) is 5.02 Å². The number of halogens is 1. The molecular weight excluding hydrogens is 472 g/mol. The number of non-ortho nitro benzene ring substituents is 1. The summed E-state index contributed by atoms with van der Waals surface area (Å²) in [4.78, 5) is 22.9. The van der Waals surface area contributed by atoms with Crippen LogP contribution in [0.4, 0.5) is 11.4 Å². The zero-order valence-electron chi connectivity index (χ0n) is 19.1. The minimum atomic E-state index is -0.521. The molecule has 0 aliphatic rings. The normalized spacial score (nSPS) is 10.8. The molecule has 1 N–H and O–H groups in total. The fourth-order valence-corrected chi connectivity index (χ4v) is 3.71. The molecular formula is C24H23ClN6O4. The molecule has 35 heavy (non-hydrogen) atoms. The van der Waals surface area contributed by atoms with E-state index in [1.165, 1.54) is 18.2 Å². The Kier molecular flexibility index (Phi) is 7.11. The van der Waals surface area contributed by atoms with Crippen LogP contribution in [-0.2, 0) is 19.7 Å². The van der Waals surface area contributed by atoms with E-state index in [9.17, 15) is 14.9 Å². The van der Waals surface area contributed by atoms with Crippen LogP contribution in [-0.4, -0.2) is 30.4 Å². The van der Waals surface area contributed by atoms with E-state index in [4.69, 9.17) is 16.3 Å². The molecule has 2 aromatic heterocycles. The van der Waals surface area contributed by atoms with Crippen LogP contribution in [0.25, 0.3) is 0 Å². The Balaban J connectivity index is 1.33. The molecule has 1 amide bonds. The monoisotopic (exact) mass is 494 g/mol. The molecule has 4 rings (SSSR count). The number of hydrogen-bond acceptors (Lipinski definition) is 6. The predicted molar refractivity (Wildman–Crippen MR) is 131 cm³/mol. The number of amides is 1. The van der Waals surface area contributed by atoms with Gasteiger partial charge in [-0.25, -0.2) is 0 Å². The van der Waals surface area contributed by atoms with Crippen LogP contribution in [0, 0.1) is 17.0 Å². The lowest BCUT2D eigenvalue weighted by Gasteiger charge is -2.09. The molecule has 0 unspecified atom stereocenters. The summed E-state index contributed by atoms with van der Waals surface area (Å²) in [5, 5.41) is 22.5. The number of aromatic nitrogens is 4. The highest BCUT2D eigenvalue weighted by atomic mass is 35.5. The van der Waals surface area contributed by atoms with Gasteiger partial charge < -0.3 is 10.1 Å². The molecule has 10 nitrogen and oxygen atoms in total. The molecule has 0 aliphatic heterocycles. The molecule has 0 saturated heterocycles. The van der Waals surface area contributed by atoms with Gasteiger partial charge >= 0.3 is 0 Å². The fourth-order valence-electron chi connectivity index (χ4n) is 3.49. The highest BCUT2D eigenvalue weighted by Crippen LogP contribution is 2.29. The van der Waals surface area contributed by atoms with E-state index >= 15 is 0 Å². The number of rotatable bonds is 9. The number of carbonyl (C=O) groups is 1. The Morgan fingerprint density at radius 3 is 2.60 bits per heavy atom. The largest absolute Gasteiger partial charge is 0.487 e. The van der Waals surface area contributed by atoms with Gasteiger partial charge in [0, 0.05) is 41.7 Å². The third kappa shape index (κ3) is 5.67. The molecule has 0 fully saturated rings. The van der Waals surface area contributed by atoms with Crippen molar-refractivity contribution in [3.05, 3.63) is 98.6 Å². The van der Waals surface area contributed by atoms with Crippen molar-refractivity contribution in [1.29, 1.82) is 0 Å². The molecule has 0 atom stereocenters. The van der Waals surface area contributed by atoms with Gasteiger partial charge in [-0.3, -0.25) is 24.3 Å². The number of aryl methyl sites for hydroxylation is 1. The highest BCUT2D eigenvalue weighted by molar-refractivity contribution is 6.32. The average molecular weight is 495 g/mol. The van der Waals surface area contributed by atoms with Gasteiger partial charge in [-0.2, -0.15) is 10.2 Å². The van der Waals surface area contributed by atoms with E-state index in [2.05, 4.69) is 15.5 Å². The lowest BCUT2D eigenvalue weighted by atomic mass is 10.1. The maximum Gasteiger partial charge on any atom is 0.271 e. The number of nitro groups is 1. The number of nitro benzene ring substituents is 1. The maximum absolute atomic E-state index is 12.6. The third-order valence-corrected chi connectivity index (χ3v) is 5.76. The van der Waals surface area contributed by atoms with Gasteiger partial charge in [-0.1, -0.05) is 23.7 Å². The summed E-state index contributed by atoms with van der Waals surface area (Å²) in [5.74, 6) is 0.0822. The molecule has 0 saturated carbocycles. The van der Waals surface area contributed by atoms with E-state index < -0.39 is 4.92 Å². The van der Waals surface area contributed by atoms with Crippen LogP contribution in [0.1, 0.15) is 34.1 Å². The van der Waals surface area contributed by atoms with E-state index in [-0.39, 0.29) is 23.2 Å². The van der Waals surface area contributed by atoms with Crippen molar-refractivity contribution in [3.8, 4) is 5.75 Å². The van der Waals surface area contributed by atoms with Crippen LogP contribution in [0.15, 0.2) is 61.1 Å². The molecule has 0 bridgehead atoms. The number of benzene rings is 2. The number of nitrogens with one attached hydrogen (secondary N) is 1. The van der Waals surface area contributed by atoms with Crippen molar-refractivity contribution in [2.75, 3.05) is 5.32 Å². The van der Waals surface area contributed by atoms with Crippen molar-refractivity contribution in [1.82, 2.24) is 19.6 Å². The summed E-state index contributed by atoms with van der Waals surface area (Å²) in [6.07, 6.45) is 5.21. The predicted octanol–water partition coefficient (Wildman–Crippen LogP) is 4.85. The number of carbonyl (C=O) groups excluding carboxylic acids is 1. The molecule has 180 valence electrons. The van der Waals surface area contributed by atoms with Crippen LogP contribution in [0.3, 0.4) is 0 Å². The van der Waals surface area contributed by atoms with E-state index in [0.29, 0.717) is 23.5 Å². The topological polar surface area (TPSA) is 117 Å². The molecule has 4 aromatic rings. The quantitative estimate of drug-likeness (QED) is 0.262. The minimum Gasteiger partial charge on any atom is -0.487 e. The SMILES string of the molecule is CCn1ncc(Cn2cc(NC(=O)c3ccc(COc4ccc([N+](=O)[O-])cc4Cl)cc3)cn2)c1C. The van der Waals surface area contributed by atoms with Crippen molar-refractivity contribution in [2.45, 2.75) is 33.5 Å². The number of ether oxygens (including phenoxy) is 1. The van der Waals surface area contributed by atoms with E-state index in [0.717, 1.165) is 23.4 Å². The van der Waals surface area contributed by atoms with Crippen LogP contribution < -0.4 is 10.1 Å². The highest BCUT2D eigenvalue weighted by Gasteiger charge is 2.12. The van der Waals surface area contributed by atoms with Crippen molar-refractivity contribution in [3.63, 3.8) is 0 Å². The van der Waals surface area contributed by atoms with Gasteiger partial charge in [0.05, 0.1) is 34.6 Å². The molecule has 0 spiro atoms. The van der Waals surface area contributed by atoms with Crippen LogP contribution in [0.5, 0.6) is 5.75 Å². The standard InChI is InChI=1S/C24H23ClN6O4/c1-3-30-16(2)19(11-27-30)13-29-14-20(12-26-29)28-24(32)18-6-4-17(5-7-18)15-35-23-9-8-21(31(33)34)10-22(23)25/h4-12,14H,3,13,15H2,1-2H3,(H,28,32). The van der Waals surface area contributed by atoms with E-state index in [1.54, 1.807) is 41.3 Å². The Labute approximate surface area is 206 Å². The average Bonchev–Trinajstić information content (AvgIpc) is 3.44. The summed E-state index contributed by atoms with van der Waals surface area (Å²) in [6, 6.07) is 11.0. The Morgan fingerprint density at radius 1 is 1.17 bits per heavy atom. The van der Waals surface area contributed by atoms with Gasteiger partial charge in [-0.15, -0.1) is 0 Å². The summed E-state index contributed by atoms with van der Waals surface area (Å²) >= 11 is 6.05. The summed E-state index contributed by atoms with van der Waals surface area (Å²) in [7, 11) is 0. The molecule has 0 radical (unpaired) electrons. The second-order valence-corrected chi connectivity index (χ2v) is 8.22. The third-order valence-electron chi connectivity index (χ3n) is 5.46. The van der Waals surface area contributed by atoms with Gasteiger partial charge in [0.25, 0.3) is 11.6 Å². The van der Waals surface area contributed by atoms with Gasteiger partial charge in [0.2, 0.25) is 0 Å². The minimum absolute atomic E-state index is 0.106. The fraction of sp³-hybridized carbons (Fsp3) is 0.208. The smallest absolute Gasteiger partial charge is 0.271 e. The maximum atomic E-state index is 12.6. The summed E-state index contributed by atoms with van der Waals surface area (Å²) in [6.45, 7) is 5.63. The lowest BCUT2D eigenvalue weighted by Crippen LogP contribution is -2.11. The number of nitrogens with zero attached hydrogens (tertiary/aromatic N) is 5. The summed E-state index contributed by atoms with van der Waals surface area (Å²) < 4.78 is 9.33. The second-order valence-electron chi connectivity index (χ2n) is 7.81. The van der Waals surface area contributed by atoms with Crippen LogP contribution >= 0.6 is 11.6 Å². The first-order valence-corrected chi connectivity index (χ1v) is 11.2. The molecule has 2 heterocycles. The number of hydrogen-bond donors (Lipinski definition) is 1. The van der Waals surface area contributed by atoms with Gasteiger partial charge in [-0.05, 0) is 37.6 Å². The first-order chi connectivity index (χ1) is 16.8. The van der Waals surface area contributed by atoms with Crippen molar-refractivity contribution < 1.29 is 14.5 Å². The zero-order chi connectivity index (χ0) is 24.9. The lowest BCUT2D eigenvalue weighted by molar-refractivity contribution is -0.384. The Hall–Kier alpha value is -4.18. The van der Waals surface area contributed by atoms with Crippen molar-refractivity contribution in [2.24, 2.45) is 0 Å². The number of anilines is 1. The van der Waals surface area contributed by atoms with Gasteiger partial charge in [0.1, 0.15) is 12.4 Å². The first kappa shape index (κ1) is 24.0. The second kappa shape index (κ2) is 10.4. The van der Waals surface area contributed by atoms with Crippen molar-refractivity contribution >= 4 is 28.9 Å².